The lowest BCUT2D eigenvalue weighted by molar-refractivity contribution is -0.140. The second-order valence-electron chi connectivity index (χ2n) is 6.57. The number of benzene rings is 1. The lowest BCUT2D eigenvalue weighted by Crippen LogP contribution is -2.39. The van der Waals surface area contributed by atoms with Crippen molar-refractivity contribution >= 4 is 5.97 Å². The third-order valence-corrected chi connectivity index (χ3v) is 5.42. The van der Waals surface area contributed by atoms with Gasteiger partial charge in [-0.25, -0.2) is 0 Å². The summed E-state index contributed by atoms with van der Waals surface area (Å²) in [6.45, 7) is 0.831. The van der Waals surface area contributed by atoms with Crippen LogP contribution in [0.3, 0.4) is 0 Å². The largest absolute Gasteiger partial charge is 0.480 e. The highest BCUT2D eigenvalue weighted by Crippen LogP contribution is 2.41. The molecule has 0 aromatic heterocycles. The van der Waals surface area contributed by atoms with Crippen molar-refractivity contribution in [2.75, 3.05) is 6.54 Å². The van der Waals surface area contributed by atoms with E-state index in [1.54, 1.807) is 0 Å². The van der Waals surface area contributed by atoms with Crippen molar-refractivity contribution in [3.05, 3.63) is 35.4 Å². The summed E-state index contributed by atoms with van der Waals surface area (Å²) in [7, 11) is 0. The Morgan fingerprint density at radius 2 is 1.82 bits per heavy atom. The summed E-state index contributed by atoms with van der Waals surface area (Å²) in [6.07, 6.45) is 5.46. The summed E-state index contributed by atoms with van der Waals surface area (Å²) in [6, 6.07) is 9.73. The Kier molecular flexibility index (Phi) is 4.44. The first-order chi connectivity index (χ1) is 10.7. The quantitative estimate of drug-likeness (QED) is 0.900. The zero-order chi connectivity index (χ0) is 15.5. The molecule has 1 aliphatic heterocycles. The van der Waals surface area contributed by atoms with Crippen LogP contribution < -0.4 is 5.32 Å². The van der Waals surface area contributed by atoms with Gasteiger partial charge in [-0.1, -0.05) is 12.1 Å². The first-order valence-electron chi connectivity index (χ1n) is 8.15. The number of nitrogens with zero attached hydrogens (tertiary/aromatic N) is 1. The fraction of sp³-hybridized carbons (Fsp3) is 0.556. The first kappa shape index (κ1) is 15.1. The summed E-state index contributed by atoms with van der Waals surface area (Å²) in [5.41, 5.74) is 2.02. The van der Waals surface area contributed by atoms with E-state index in [1.165, 1.54) is 5.56 Å². The van der Waals surface area contributed by atoms with E-state index in [4.69, 9.17) is 5.26 Å². The molecule has 1 saturated heterocycles. The van der Waals surface area contributed by atoms with E-state index in [1.807, 2.05) is 12.1 Å². The highest BCUT2D eigenvalue weighted by atomic mass is 16.4. The minimum atomic E-state index is -0.697. The fourth-order valence-electron chi connectivity index (χ4n) is 4.21. The average Bonchev–Trinajstić information content (AvgIpc) is 3.05. The standard InChI is InChI=1S/C18H22N2O2/c19-11-12-1-3-13(4-2-12)14-5-7-15(8-6-14)16-9-10-20-17(16)18(21)22/h1-4,14-17,20H,5-10H2,(H,21,22)/t14?,15?,16-,17+/m1/s1. The lowest BCUT2D eigenvalue weighted by atomic mass is 9.72. The van der Waals surface area contributed by atoms with Crippen LogP contribution >= 0.6 is 0 Å². The van der Waals surface area contributed by atoms with E-state index in [9.17, 15) is 9.90 Å². The molecule has 3 rings (SSSR count). The fourth-order valence-corrected chi connectivity index (χ4v) is 4.21. The number of aliphatic carboxylic acids is 1. The summed E-state index contributed by atoms with van der Waals surface area (Å²) >= 11 is 0. The van der Waals surface area contributed by atoms with Crippen LogP contribution in [0, 0.1) is 23.2 Å². The molecule has 2 fully saturated rings. The maximum atomic E-state index is 11.3. The summed E-state index contributed by atoms with van der Waals surface area (Å²) < 4.78 is 0. The van der Waals surface area contributed by atoms with Gasteiger partial charge in [0, 0.05) is 0 Å². The second kappa shape index (κ2) is 6.50. The minimum Gasteiger partial charge on any atom is -0.480 e. The first-order valence-corrected chi connectivity index (χ1v) is 8.15. The van der Waals surface area contributed by atoms with Crippen molar-refractivity contribution in [3.63, 3.8) is 0 Å². The number of hydrogen-bond donors (Lipinski definition) is 2. The van der Waals surface area contributed by atoms with Gasteiger partial charge in [0.05, 0.1) is 11.6 Å². The van der Waals surface area contributed by atoms with E-state index in [0.29, 0.717) is 23.3 Å². The molecule has 4 nitrogen and oxygen atoms in total. The third-order valence-electron chi connectivity index (χ3n) is 5.42. The molecule has 0 bridgehead atoms. The predicted molar refractivity (Wildman–Crippen MR) is 83.4 cm³/mol. The smallest absolute Gasteiger partial charge is 0.320 e. The molecule has 1 aromatic carbocycles. The van der Waals surface area contributed by atoms with Crippen molar-refractivity contribution in [3.8, 4) is 6.07 Å². The molecule has 1 saturated carbocycles. The van der Waals surface area contributed by atoms with Gasteiger partial charge in [-0.05, 0) is 74.1 Å². The molecular weight excluding hydrogens is 276 g/mol. The number of carbonyl (C=O) groups is 1. The van der Waals surface area contributed by atoms with Gasteiger partial charge in [0.25, 0.3) is 0 Å². The minimum absolute atomic E-state index is 0.291. The van der Waals surface area contributed by atoms with Gasteiger partial charge >= 0.3 is 5.97 Å². The van der Waals surface area contributed by atoms with Crippen molar-refractivity contribution in [2.45, 2.75) is 44.1 Å². The van der Waals surface area contributed by atoms with E-state index >= 15 is 0 Å². The highest BCUT2D eigenvalue weighted by Gasteiger charge is 2.39. The average molecular weight is 298 g/mol. The number of nitrogens with one attached hydrogen (secondary N) is 1. The maximum absolute atomic E-state index is 11.3. The number of rotatable bonds is 3. The number of carboxylic acids is 1. The maximum Gasteiger partial charge on any atom is 0.320 e. The molecule has 0 radical (unpaired) electrons. The molecule has 116 valence electrons. The third kappa shape index (κ3) is 3.00. The molecule has 1 heterocycles. The zero-order valence-corrected chi connectivity index (χ0v) is 12.7. The van der Waals surface area contributed by atoms with E-state index in [2.05, 4.69) is 23.5 Å². The van der Waals surface area contributed by atoms with Gasteiger partial charge in [-0.3, -0.25) is 4.79 Å². The molecule has 2 N–H and O–H groups in total. The van der Waals surface area contributed by atoms with Crippen LogP contribution in [0.5, 0.6) is 0 Å². The second-order valence-corrected chi connectivity index (χ2v) is 6.57. The van der Waals surface area contributed by atoms with Gasteiger partial charge < -0.3 is 10.4 Å². The Hall–Kier alpha value is -1.86. The van der Waals surface area contributed by atoms with Gasteiger partial charge in [-0.15, -0.1) is 0 Å². The van der Waals surface area contributed by atoms with Crippen LogP contribution in [0.4, 0.5) is 0 Å². The molecule has 2 aliphatic rings. The van der Waals surface area contributed by atoms with E-state index in [0.717, 1.165) is 38.6 Å². The topological polar surface area (TPSA) is 73.1 Å². The van der Waals surface area contributed by atoms with Gasteiger partial charge in [-0.2, -0.15) is 5.26 Å². The molecule has 0 spiro atoms. The molecule has 1 aromatic rings. The van der Waals surface area contributed by atoms with Gasteiger partial charge in [0.1, 0.15) is 6.04 Å². The Bertz CT molecular complexity index is 568. The van der Waals surface area contributed by atoms with Gasteiger partial charge in [0.2, 0.25) is 0 Å². The van der Waals surface area contributed by atoms with E-state index in [-0.39, 0.29) is 6.04 Å². The number of carboxylic acid groups (broad SMARTS) is 1. The normalized spacial score (nSPS) is 31.6. The molecule has 2 atom stereocenters. The molecule has 0 amide bonds. The van der Waals surface area contributed by atoms with Crippen LogP contribution in [-0.4, -0.2) is 23.7 Å². The Morgan fingerprint density at radius 3 is 2.41 bits per heavy atom. The van der Waals surface area contributed by atoms with Crippen molar-refractivity contribution in [1.29, 1.82) is 5.26 Å². The van der Waals surface area contributed by atoms with Crippen molar-refractivity contribution in [2.24, 2.45) is 11.8 Å². The molecule has 0 unspecified atom stereocenters. The highest BCUT2D eigenvalue weighted by molar-refractivity contribution is 5.74. The zero-order valence-electron chi connectivity index (χ0n) is 12.7. The SMILES string of the molecule is N#Cc1ccc(C2CCC([C@H]3CCN[C@@H]3C(=O)O)CC2)cc1. The summed E-state index contributed by atoms with van der Waals surface area (Å²) in [5, 5.41) is 21.3. The van der Waals surface area contributed by atoms with Gasteiger partial charge in [0.15, 0.2) is 0 Å². The lowest BCUT2D eigenvalue weighted by Gasteiger charge is -2.33. The number of nitriles is 1. The van der Waals surface area contributed by atoms with Crippen LogP contribution in [0.1, 0.15) is 49.1 Å². The predicted octanol–water partition coefficient (Wildman–Crippen LogP) is 2.89. The monoisotopic (exact) mass is 298 g/mol. The molecular formula is C18H22N2O2. The Morgan fingerprint density at radius 1 is 1.14 bits per heavy atom. The van der Waals surface area contributed by atoms with Crippen molar-refractivity contribution < 1.29 is 9.90 Å². The summed E-state index contributed by atoms with van der Waals surface area (Å²) in [5.74, 6) is 0.684. The van der Waals surface area contributed by atoms with Crippen LogP contribution in [0.15, 0.2) is 24.3 Å². The Balaban J connectivity index is 1.60. The molecule has 1 aliphatic carbocycles. The van der Waals surface area contributed by atoms with E-state index < -0.39 is 5.97 Å². The summed E-state index contributed by atoms with van der Waals surface area (Å²) in [4.78, 5) is 11.3. The van der Waals surface area contributed by atoms with Crippen LogP contribution in [0.2, 0.25) is 0 Å². The molecule has 4 heteroatoms. The van der Waals surface area contributed by atoms with Crippen LogP contribution in [-0.2, 0) is 4.79 Å². The number of hydrogen-bond acceptors (Lipinski definition) is 3. The molecule has 22 heavy (non-hydrogen) atoms. The Labute approximate surface area is 131 Å². The van der Waals surface area contributed by atoms with Crippen LogP contribution in [0.25, 0.3) is 0 Å². The van der Waals surface area contributed by atoms with Crippen molar-refractivity contribution in [1.82, 2.24) is 5.32 Å².